The van der Waals surface area contributed by atoms with E-state index in [0.29, 0.717) is 0 Å². The van der Waals surface area contributed by atoms with Crippen LogP contribution in [0.3, 0.4) is 0 Å². The van der Waals surface area contributed by atoms with Crippen LogP contribution >= 0.6 is 0 Å². The lowest BCUT2D eigenvalue weighted by atomic mass is 10.1. The highest BCUT2D eigenvalue weighted by atomic mass is 19.1. The van der Waals surface area contributed by atoms with Crippen LogP contribution in [0.5, 0.6) is 5.75 Å². The monoisotopic (exact) mass is 333 g/mol. The summed E-state index contributed by atoms with van der Waals surface area (Å²) in [5.41, 5.74) is 5.35. The number of nitrogens with one attached hydrogen (secondary N) is 1. The predicted molar refractivity (Wildman–Crippen MR) is 86.5 cm³/mol. The molecule has 0 saturated heterocycles. The summed E-state index contributed by atoms with van der Waals surface area (Å²) < 4.78 is 33.2. The van der Waals surface area contributed by atoms with Gasteiger partial charge in [-0.2, -0.15) is 0 Å². The number of allylic oxidation sites excluding steroid dienone is 1. The number of halogens is 2. The zero-order valence-electron chi connectivity index (χ0n) is 13.1. The molecule has 1 aromatic heterocycles. The van der Waals surface area contributed by atoms with Crippen LogP contribution in [-0.2, 0) is 6.54 Å². The third kappa shape index (κ3) is 4.07. The zero-order chi connectivity index (χ0) is 17.5. The first-order chi connectivity index (χ1) is 11.5. The Morgan fingerprint density at radius 3 is 2.88 bits per heavy atom. The Bertz CT molecular complexity index is 743. The van der Waals surface area contributed by atoms with Gasteiger partial charge < -0.3 is 15.8 Å². The number of anilines is 1. The molecule has 126 valence electrons. The van der Waals surface area contributed by atoms with E-state index in [1.54, 1.807) is 18.2 Å². The minimum Gasteiger partial charge on any atom is -0.486 e. The van der Waals surface area contributed by atoms with Gasteiger partial charge in [-0.15, -0.1) is 0 Å². The first kappa shape index (κ1) is 17.4. The molecule has 0 aliphatic rings. The zero-order valence-corrected chi connectivity index (χ0v) is 13.1. The van der Waals surface area contributed by atoms with Gasteiger partial charge in [0.1, 0.15) is 23.8 Å². The van der Waals surface area contributed by atoms with Gasteiger partial charge in [0.2, 0.25) is 0 Å². The maximum atomic E-state index is 14.3. The molecule has 0 saturated carbocycles. The number of pyridine rings is 1. The first-order valence-electron chi connectivity index (χ1n) is 7.24. The van der Waals surface area contributed by atoms with Gasteiger partial charge >= 0.3 is 0 Å². The van der Waals surface area contributed by atoms with Gasteiger partial charge in [-0.3, -0.25) is 4.79 Å². The molecule has 1 heterocycles. The Kier molecular flexibility index (Phi) is 5.83. The number of ether oxygens (including phenoxy) is 1. The predicted octanol–water partition coefficient (Wildman–Crippen LogP) is 2.83. The number of amides is 1. The van der Waals surface area contributed by atoms with Gasteiger partial charge in [-0.25, -0.2) is 13.8 Å². The molecular formula is C17H17F2N3O2. The number of hydrogen-bond acceptors (Lipinski definition) is 4. The summed E-state index contributed by atoms with van der Waals surface area (Å²) in [7, 11) is 0. The molecule has 0 unspecified atom stereocenters. The standard InChI is InChI=1S/C17H17F2N3O2/c1-2-3-9-24-13-6-4-5-11(15(13)19)10-22-17(23)14-12(18)7-8-21-16(14)20/h2-8H,9-10H2,1H3,(H2,20,21)(H,22,23)/b3-2+. The Labute approximate surface area is 138 Å². The molecule has 1 aromatic carbocycles. The van der Waals surface area contributed by atoms with E-state index in [-0.39, 0.29) is 35.8 Å². The third-order valence-corrected chi connectivity index (χ3v) is 3.21. The van der Waals surface area contributed by atoms with Gasteiger partial charge in [0.05, 0.1) is 0 Å². The molecule has 1 amide bonds. The minimum atomic E-state index is -0.788. The van der Waals surface area contributed by atoms with Crippen LogP contribution in [0.1, 0.15) is 22.8 Å². The van der Waals surface area contributed by atoms with Crippen molar-refractivity contribution in [2.24, 2.45) is 0 Å². The lowest BCUT2D eigenvalue weighted by molar-refractivity contribution is 0.0947. The summed E-state index contributed by atoms with van der Waals surface area (Å²) in [6.45, 7) is 1.93. The second-order valence-electron chi connectivity index (χ2n) is 4.84. The maximum Gasteiger partial charge on any atom is 0.258 e. The van der Waals surface area contributed by atoms with E-state index in [2.05, 4.69) is 10.3 Å². The van der Waals surface area contributed by atoms with Crippen LogP contribution in [-0.4, -0.2) is 17.5 Å². The number of carbonyl (C=O) groups excluding carboxylic acids is 1. The number of carbonyl (C=O) groups is 1. The van der Waals surface area contributed by atoms with E-state index in [4.69, 9.17) is 10.5 Å². The van der Waals surface area contributed by atoms with Crippen molar-refractivity contribution < 1.29 is 18.3 Å². The SMILES string of the molecule is C/C=C/COc1cccc(CNC(=O)c2c(F)ccnc2N)c1F. The molecule has 0 fully saturated rings. The van der Waals surface area contributed by atoms with Crippen LogP contribution in [0.25, 0.3) is 0 Å². The average Bonchev–Trinajstić information content (AvgIpc) is 2.55. The number of benzene rings is 1. The van der Waals surface area contributed by atoms with E-state index in [0.717, 1.165) is 12.3 Å². The first-order valence-corrected chi connectivity index (χ1v) is 7.24. The van der Waals surface area contributed by atoms with Gasteiger partial charge in [-0.05, 0) is 19.1 Å². The maximum absolute atomic E-state index is 14.3. The molecule has 2 rings (SSSR count). The largest absolute Gasteiger partial charge is 0.486 e. The Balaban J connectivity index is 2.09. The molecule has 24 heavy (non-hydrogen) atoms. The Morgan fingerprint density at radius 2 is 2.17 bits per heavy atom. The molecule has 2 aromatic rings. The summed E-state index contributed by atoms with van der Waals surface area (Å²) in [5.74, 6) is -2.29. The third-order valence-electron chi connectivity index (χ3n) is 3.21. The molecule has 0 aliphatic carbocycles. The number of nitrogens with two attached hydrogens (primary N) is 1. The summed E-state index contributed by atoms with van der Waals surface area (Å²) in [6.07, 6.45) is 4.68. The van der Waals surface area contributed by atoms with Crippen LogP contribution < -0.4 is 15.8 Å². The van der Waals surface area contributed by atoms with Crippen molar-refractivity contribution >= 4 is 11.7 Å². The number of rotatable bonds is 6. The highest BCUT2D eigenvalue weighted by Crippen LogP contribution is 2.21. The molecule has 3 N–H and O–H groups in total. The van der Waals surface area contributed by atoms with Crippen molar-refractivity contribution in [3.63, 3.8) is 0 Å². The molecule has 0 radical (unpaired) electrons. The normalized spacial score (nSPS) is 10.8. The van der Waals surface area contributed by atoms with Crippen molar-refractivity contribution in [2.45, 2.75) is 13.5 Å². The van der Waals surface area contributed by atoms with E-state index < -0.39 is 17.5 Å². The van der Waals surface area contributed by atoms with Gasteiger partial charge in [-0.1, -0.05) is 24.3 Å². The number of hydrogen-bond donors (Lipinski definition) is 2. The van der Waals surface area contributed by atoms with Gasteiger partial charge in [0, 0.05) is 18.3 Å². The summed E-state index contributed by atoms with van der Waals surface area (Å²) in [5, 5.41) is 2.42. The molecule has 0 atom stereocenters. The minimum absolute atomic E-state index is 0.0759. The second-order valence-corrected chi connectivity index (χ2v) is 4.84. The molecule has 0 spiro atoms. The fraction of sp³-hybridized carbons (Fsp3) is 0.176. The van der Waals surface area contributed by atoms with Crippen molar-refractivity contribution in [1.82, 2.24) is 10.3 Å². The van der Waals surface area contributed by atoms with Crippen LogP contribution in [0.15, 0.2) is 42.6 Å². The summed E-state index contributed by atoms with van der Waals surface area (Å²) >= 11 is 0. The molecule has 5 nitrogen and oxygen atoms in total. The highest BCUT2D eigenvalue weighted by molar-refractivity contribution is 5.98. The quantitative estimate of drug-likeness (QED) is 0.797. The van der Waals surface area contributed by atoms with Crippen molar-refractivity contribution in [3.05, 3.63) is 65.4 Å². The lowest BCUT2D eigenvalue weighted by Gasteiger charge is -2.11. The van der Waals surface area contributed by atoms with Crippen LogP contribution in [0, 0.1) is 11.6 Å². The van der Waals surface area contributed by atoms with E-state index in [9.17, 15) is 13.6 Å². The van der Waals surface area contributed by atoms with Crippen molar-refractivity contribution in [1.29, 1.82) is 0 Å². The van der Waals surface area contributed by atoms with Gasteiger partial charge in [0.25, 0.3) is 5.91 Å². The van der Waals surface area contributed by atoms with E-state index in [1.807, 2.05) is 6.92 Å². The molecular weight excluding hydrogens is 316 g/mol. The smallest absolute Gasteiger partial charge is 0.258 e. The fourth-order valence-electron chi connectivity index (χ4n) is 1.98. The van der Waals surface area contributed by atoms with Crippen LogP contribution in [0.4, 0.5) is 14.6 Å². The highest BCUT2D eigenvalue weighted by Gasteiger charge is 2.17. The lowest BCUT2D eigenvalue weighted by Crippen LogP contribution is -2.25. The molecule has 0 bridgehead atoms. The second kappa shape index (κ2) is 8.05. The van der Waals surface area contributed by atoms with Crippen molar-refractivity contribution in [3.8, 4) is 5.75 Å². The van der Waals surface area contributed by atoms with E-state index in [1.165, 1.54) is 12.1 Å². The molecule has 0 aliphatic heterocycles. The Morgan fingerprint density at radius 1 is 1.38 bits per heavy atom. The fourth-order valence-corrected chi connectivity index (χ4v) is 1.98. The number of nitrogen functional groups attached to an aromatic ring is 1. The topological polar surface area (TPSA) is 77.2 Å². The summed E-state index contributed by atoms with van der Waals surface area (Å²) in [6, 6.07) is 5.63. The number of aromatic nitrogens is 1. The van der Waals surface area contributed by atoms with Gasteiger partial charge in [0.15, 0.2) is 11.6 Å². The van der Waals surface area contributed by atoms with Crippen LogP contribution in [0.2, 0.25) is 0 Å². The number of nitrogens with zero attached hydrogens (tertiary/aromatic N) is 1. The van der Waals surface area contributed by atoms with Crippen molar-refractivity contribution in [2.75, 3.05) is 12.3 Å². The molecule has 7 heteroatoms. The summed E-state index contributed by atoms with van der Waals surface area (Å²) in [4.78, 5) is 15.7. The van der Waals surface area contributed by atoms with E-state index >= 15 is 0 Å². The average molecular weight is 333 g/mol. The Hall–Kier alpha value is -2.96.